The highest BCUT2D eigenvalue weighted by molar-refractivity contribution is 7.13. The molecule has 26 heavy (non-hydrogen) atoms. The Kier molecular flexibility index (Phi) is 8.78. The van der Waals surface area contributed by atoms with Crippen LogP contribution in [0.5, 0.6) is 0 Å². The summed E-state index contributed by atoms with van der Waals surface area (Å²) in [6, 6.07) is 8.84. The average Bonchev–Trinajstić information content (AvgIpc) is 3.05. The molecule has 4 nitrogen and oxygen atoms in total. The molecule has 0 bridgehead atoms. The van der Waals surface area contributed by atoms with Crippen LogP contribution in [0.3, 0.4) is 0 Å². The summed E-state index contributed by atoms with van der Waals surface area (Å²) in [4.78, 5) is 17.2. The number of rotatable bonds is 11. The maximum absolute atomic E-state index is 11.6. The number of hydrazine groups is 1. The number of hydrogen-bond acceptors (Lipinski definition) is 4. The molecule has 0 spiro atoms. The fraction of sp³-hybridized carbons (Fsp3) is 0.524. The van der Waals surface area contributed by atoms with E-state index in [9.17, 15) is 4.79 Å². The van der Waals surface area contributed by atoms with E-state index in [1.165, 1.54) is 22.4 Å². The first kappa shape index (κ1) is 20.6. The molecule has 2 rings (SSSR count). The van der Waals surface area contributed by atoms with Crippen LogP contribution in [0.2, 0.25) is 0 Å². The lowest BCUT2D eigenvalue weighted by Gasteiger charge is -2.08. The molecule has 0 radical (unpaired) electrons. The van der Waals surface area contributed by atoms with Gasteiger partial charge >= 0.3 is 0 Å². The van der Waals surface area contributed by atoms with Gasteiger partial charge in [-0.1, -0.05) is 44.5 Å². The lowest BCUT2D eigenvalue weighted by molar-refractivity contribution is -0.122. The fourth-order valence-electron chi connectivity index (χ4n) is 2.76. The maximum atomic E-state index is 11.6. The topological polar surface area (TPSA) is 54.0 Å². The Morgan fingerprint density at radius 3 is 2.58 bits per heavy atom. The van der Waals surface area contributed by atoms with E-state index in [-0.39, 0.29) is 5.91 Å². The Hall–Kier alpha value is -1.72. The normalized spacial score (nSPS) is 11.1. The monoisotopic (exact) mass is 373 g/mol. The van der Waals surface area contributed by atoms with Gasteiger partial charge in [0.05, 0.1) is 16.1 Å². The van der Waals surface area contributed by atoms with Crippen molar-refractivity contribution in [1.29, 1.82) is 0 Å². The highest BCUT2D eigenvalue weighted by atomic mass is 32.1. The molecule has 0 aliphatic heterocycles. The van der Waals surface area contributed by atoms with Crippen molar-refractivity contribution in [3.05, 3.63) is 41.0 Å². The van der Waals surface area contributed by atoms with E-state index in [0.717, 1.165) is 37.9 Å². The third-order valence-corrected chi connectivity index (χ3v) is 5.38. The van der Waals surface area contributed by atoms with Gasteiger partial charge in [0.15, 0.2) is 0 Å². The van der Waals surface area contributed by atoms with Crippen LogP contribution in [0, 0.1) is 12.8 Å². The number of aromatic nitrogens is 1. The average molecular weight is 374 g/mol. The van der Waals surface area contributed by atoms with Crippen molar-refractivity contribution in [3.8, 4) is 10.4 Å². The molecular formula is C21H31N3OS. The summed E-state index contributed by atoms with van der Waals surface area (Å²) in [5.74, 6) is 0.663. The highest BCUT2D eigenvalue weighted by Crippen LogP contribution is 2.27. The van der Waals surface area contributed by atoms with Crippen molar-refractivity contribution in [2.45, 2.75) is 59.3 Å². The molecule has 0 unspecified atom stereocenters. The molecule has 0 atom stereocenters. The van der Waals surface area contributed by atoms with Crippen LogP contribution in [0.4, 0.5) is 0 Å². The van der Waals surface area contributed by atoms with E-state index in [1.807, 2.05) is 5.51 Å². The Morgan fingerprint density at radius 1 is 1.15 bits per heavy atom. The van der Waals surface area contributed by atoms with Crippen LogP contribution < -0.4 is 10.9 Å². The zero-order valence-corrected chi connectivity index (χ0v) is 17.0. The van der Waals surface area contributed by atoms with Gasteiger partial charge in [0, 0.05) is 13.0 Å². The third-order valence-electron chi connectivity index (χ3n) is 4.41. The summed E-state index contributed by atoms with van der Waals surface area (Å²) in [7, 11) is 0. The number of carbonyl (C=O) groups is 1. The van der Waals surface area contributed by atoms with Gasteiger partial charge in [0.2, 0.25) is 5.91 Å². The van der Waals surface area contributed by atoms with E-state index in [0.29, 0.717) is 12.3 Å². The first-order valence-corrected chi connectivity index (χ1v) is 10.5. The highest BCUT2D eigenvalue weighted by Gasteiger charge is 2.05. The number of nitrogens with one attached hydrogen (secondary N) is 2. The Balaban J connectivity index is 1.56. The molecule has 0 saturated carbocycles. The van der Waals surface area contributed by atoms with Crippen molar-refractivity contribution >= 4 is 17.2 Å². The molecule has 1 aromatic carbocycles. The van der Waals surface area contributed by atoms with Crippen molar-refractivity contribution < 1.29 is 4.79 Å². The molecule has 1 aromatic heterocycles. The van der Waals surface area contributed by atoms with E-state index in [4.69, 9.17) is 0 Å². The molecule has 2 aromatic rings. The van der Waals surface area contributed by atoms with Crippen LogP contribution in [-0.2, 0) is 11.2 Å². The van der Waals surface area contributed by atoms with Crippen molar-refractivity contribution in [3.63, 3.8) is 0 Å². The van der Waals surface area contributed by atoms with E-state index in [2.05, 4.69) is 60.9 Å². The molecule has 5 heteroatoms. The third kappa shape index (κ3) is 7.26. The number of carbonyl (C=O) groups excluding carboxylic acids is 1. The van der Waals surface area contributed by atoms with Gasteiger partial charge in [0.25, 0.3) is 0 Å². The lowest BCUT2D eigenvalue weighted by atomic mass is 10.0. The molecule has 2 N–H and O–H groups in total. The minimum absolute atomic E-state index is 0.0926. The number of benzene rings is 1. The molecule has 142 valence electrons. The summed E-state index contributed by atoms with van der Waals surface area (Å²) in [5.41, 5.74) is 11.5. The van der Waals surface area contributed by atoms with Crippen LogP contribution in [0.15, 0.2) is 29.8 Å². The fourth-order valence-corrected chi connectivity index (χ4v) is 3.58. The first-order valence-electron chi connectivity index (χ1n) is 9.57. The largest absolute Gasteiger partial charge is 0.292 e. The number of amides is 1. The molecule has 1 heterocycles. The van der Waals surface area contributed by atoms with Gasteiger partial charge in [0.1, 0.15) is 0 Å². The SMILES string of the molecule is Cc1ncsc1-c1ccc(CCCCCNNC(=O)CCC(C)C)cc1. The number of aryl methyl sites for hydroxylation is 2. The van der Waals surface area contributed by atoms with Gasteiger partial charge < -0.3 is 0 Å². The zero-order valence-electron chi connectivity index (χ0n) is 16.2. The van der Waals surface area contributed by atoms with Crippen molar-refractivity contribution in [1.82, 2.24) is 15.8 Å². The molecular weight excluding hydrogens is 342 g/mol. The van der Waals surface area contributed by atoms with Crippen LogP contribution in [-0.4, -0.2) is 17.4 Å². The smallest absolute Gasteiger partial charge is 0.234 e. The van der Waals surface area contributed by atoms with E-state index in [1.54, 1.807) is 11.3 Å². The standard InChI is InChI=1S/C21H31N3OS/c1-16(2)8-13-20(25)24-23-14-6-4-5-7-18-9-11-19(12-10-18)21-17(3)22-15-26-21/h9-12,15-16,23H,4-8,13-14H2,1-3H3,(H,24,25). The number of hydrogen-bond donors (Lipinski definition) is 2. The minimum Gasteiger partial charge on any atom is -0.292 e. The van der Waals surface area contributed by atoms with Gasteiger partial charge in [-0.15, -0.1) is 11.3 Å². The summed E-state index contributed by atoms with van der Waals surface area (Å²) in [6.07, 6.45) is 6.04. The molecule has 0 aliphatic rings. The number of unbranched alkanes of at least 4 members (excludes halogenated alkanes) is 2. The Labute approximate surface area is 161 Å². The minimum atomic E-state index is 0.0926. The first-order chi connectivity index (χ1) is 12.6. The summed E-state index contributed by atoms with van der Waals surface area (Å²) >= 11 is 1.70. The van der Waals surface area contributed by atoms with Gasteiger partial charge in [-0.3, -0.25) is 10.2 Å². The second-order valence-electron chi connectivity index (χ2n) is 7.18. The Morgan fingerprint density at radius 2 is 1.92 bits per heavy atom. The molecule has 0 aliphatic carbocycles. The van der Waals surface area contributed by atoms with E-state index < -0.39 is 0 Å². The number of nitrogens with zero attached hydrogens (tertiary/aromatic N) is 1. The second-order valence-corrected chi connectivity index (χ2v) is 8.04. The predicted molar refractivity (Wildman–Crippen MR) is 110 cm³/mol. The predicted octanol–water partition coefficient (Wildman–Crippen LogP) is 4.89. The maximum Gasteiger partial charge on any atom is 0.234 e. The Bertz CT molecular complexity index is 664. The van der Waals surface area contributed by atoms with Crippen LogP contribution >= 0.6 is 11.3 Å². The molecule has 0 saturated heterocycles. The van der Waals surface area contributed by atoms with Crippen molar-refractivity contribution in [2.24, 2.45) is 5.92 Å². The van der Waals surface area contributed by atoms with Gasteiger partial charge in [-0.2, -0.15) is 0 Å². The quantitative estimate of drug-likeness (QED) is 0.436. The number of thiazole rings is 1. The summed E-state index contributed by atoms with van der Waals surface area (Å²) < 4.78 is 0. The molecule has 1 amide bonds. The van der Waals surface area contributed by atoms with Gasteiger partial charge in [-0.05, 0) is 49.7 Å². The van der Waals surface area contributed by atoms with Gasteiger partial charge in [-0.25, -0.2) is 10.4 Å². The van der Waals surface area contributed by atoms with E-state index >= 15 is 0 Å². The summed E-state index contributed by atoms with van der Waals surface area (Å²) in [5, 5.41) is 0. The zero-order chi connectivity index (χ0) is 18.8. The van der Waals surface area contributed by atoms with Crippen LogP contribution in [0.1, 0.15) is 57.2 Å². The van der Waals surface area contributed by atoms with Crippen molar-refractivity contribution in [2.75, 3.05) is 6.54 Å². The second kappa shape index (κ2) is 11.1. The lowest BCUT2D eigenvalue weighted by Crippen LogP contribution is -2.37. The molecule has 0 fully saturated rings. The summed E-state index contributed by atoms with van der Waals surface area (Å²) in [6.45, 7) is 7.15. The van der Waals surface area contributed by atoms with Crippen LogP contribution in [0.25, 0.3) is 10.4 Å².